The average molecular weight is 202 g/mol. The van der Waals surface area contributed by atoms with Crippen LogP contribution in [-0.2, 0) is 0 Å². The summed E-state index contributed by atoms with van der Waals surface area (Å²) in [6, 6.07) is 0. The molecule has 2 aromatic heterocycles. The molecule has 0 aliphatic rings. The summed E-state index contributed by atoms with van der Waals surface area (Å²) in [4.78, 5) is 14.2. The van der Waals surface area contributed by atoms with Crippen LogP contribution in [0.4, 0.5) is 0 Å². The molecule has 2 heterocycles. The molecule has 2 aromatic rings. The Morgan fingerprint density at radius 1 is 1.46 bits per heavy atom. The van der Waals surface area contributed by atoms with E-state index >= 15 is 0 Å². The molecular weight excluding hydrogens is 199 g/mol. The second kappa shape index (κ2) is 4.10. The Balaban J connectivity index is 0.000000845. The molecule has 0 fully saturated rings. The SMILES string of the molecule is [Na+].[O-]C(=S)c1ncc2[nH]cnc2n1. The number of aromatic nitrogens is 4. The van der Waals surface area contributed by atoms with Crippen LogP contribution >= 0.6 is 12.2 Å². The summed E-state index contributed by atoms with van der Waals surface area (Å²) in [5.41, 5.74) is 1.15. The molecule has 0 bridgehead atoms. The Morgan fingerprint density at radius 2 is 2.23 bits per heavy atom. The van der Waals surface area contributed by atoms with Gasteiger partial charge in [0.15, 0.2) is 11.5 Å². The molecule has 0 radical (unpaired) electrons. The number of aromatic amines is 1. The summed E-state index contributed by atoms with van der Waals surface area (Å²) in [6.45, 7) is 0. The van der Waals surface area contributed by atoms with Crippen LogP contribution in [0.1, 0.15) is 5.82 Å². The number of imidazole rings is 1. The quantitative estimate of drug-likeness (QED) is 0.382. The molecule has 60 valence electrons. The van der Waals surface area contributed by atoms with Crippen LogP contribution in [-0.4, -0.2) is 25.0 Å². The fraction of sp³-hybridized carbons (Fsp3) is 0. The number of fused-ring (bicyclic) bond motifs is 1. The molecule has 0 saturated heterocycles. The number of thiocarbonyl (C=S) groups is 1. The molecule has 7 heteroatoms. The zero-order valence-corrected chi connectivity index (χ0v) is 9.63. The van der Waals surface area contributed by atoms with E-state index in [1.165, 1.54) is 12.5 Å². The first-order valence-electron chi connectivity index (χ1n) is 3.15. The summed E-state index contributed by atoms with van der Waals surface area (Å²) in [6.07, 6.45) is 2.96. The van der Waals surface area contributed by atoms with Crippen LogP contribution in [0.5, 0.6) is 0 Å². The smallest absolute Gasteiger partial charge is 0.862 e. The van der Waals surface area contributed by atoms with E-state index in [-0.39, 0.29) is 35.4 Å². The van der Waals surface area contributed by atoms with Crippen molar-refractivity contribution in [3.05, 3.63) is 18.3 Å². The molecule has 0 unspecified atom stereocenters. The minimum Gasteiger partial charge on any atom is -0.862 e. The molecule has 1 N–H and O–H groups in total. The van der Waals surface area contributed by atoms with Crippen LogP contribution in [0.15, 0.2) is 12.5 Å². The summed E-state index contributed by atoms with van der Waals surface area (Å²) in [5, 5.41) is 10.1. The monoisotopic (exact) mass is 202 g/mol. The van der Waals surface area contributed by atoms with Crippen molar-refractivity contribution in [3.8, 4) is 0 Å². The molecule has 0 atom stereocenters. The van der Waals surface area contributed by atoms with Crippen LogP contribution < -0.4 is 34.7 Å². The Kier molecular flexibility index (Phi) is 3.32. The number of H-pyrrole nitrogens is 1. The fourth-order valence-corrected chi connectivity index (χ4v) is 0.933. The average Bonchev–Trinajstić information content (AvgIpc) is 2.49. The maximum Gasteiger partial charge on any atom is 1.00 e. The first-order chi connectivity index (χ1) is 5.77. The van der Waals surface area contributed by atoms with Crippen molar-refractivity contribution in [1.82, 2.24) is 19.9 Å². The molecule has 0 aliphatic heterocycles. The van der Waals surface area contributed by atoms with E-state index in [0.717, 1.165) is 0 Å². The minimum absolute atomic E-state index is 0. The van der Waals surface area contributed by atoms with E-state index in [0.29, 0.717) is 11.2 Å². The third-order valence-corrected chi connectivity index (χ3v) is 1.54. The summed E-state index contributed by atoms with van der Waals surface area (Å²) < 4.78 is 0. The van der Waals surface area contributed by atoms with Gasteiger partial charge in [-0.05, 0) is 0 Å². The summed E-state index contributed by atoms with van der Waals surface area (Å²) in [5.74, 6) is 0.0181. The second-order valence-electron chi connectivity index (χ2n) is 2.12. The third-order valence-electron chi connectivity index (χ3n) is 1.36. The number of nitrogens with zero attached hydrogens (tertiary/aromatic N) is 3. The maximum absolute atomic E-state index is 10.7. The molecule has 13 heavy (non-hydrogen) atoms. The van der Waals surface area contributed by atoms with E-state index in [4.69, 9.17) is 0 Å². The topological polar surface area (TPSA) is 77.5 Å². The van der Waals surface area contributed by atoms with Crippen molar-refractivity contribution in [2.24, 2.45) is 0 Å². The van der Waals surface area contributed by atoms with Crippen LogP contribution in [0, 0.1) is 0 Å². The maximum atomic E-state index is 10.7. The second-order valence-corrected chi connectivity index (χ2v) is 2.49. The van der Waals surface area contributed by atoms with Gasteiger partial charge in [0.05, 0.1) is 12.5 Å². The van der Waals surface area contributed by atoms with E-state index < -0.39 is 5.05 Å². The number of hydrogen-bond donors (Lipinski definition) is 1. The summed E-state index contributed by atoms with van der Waals surface area (Å²) >= 11 is 4.38. The van der Waals surface area contributed by atoms with Gasteiger partial charge < -0.3 is 10.1 Å². The third kappa shape index (κ3) is 2.02. The standard InChI is InChI=1S/C6H4N4OS.Na/c11-6(12)5-7-1-3-4(10-5)9-2-8-3;/h1-2H,(H,11,12)(H,7,8,9,10);/q;+1/p-1. The van der Waals surface area contributed by atoms with Gasteiger partial charge in [0, 0.05) is 5.05 Å². The van der Waals surface area contributed by atoms with Crippen LogP contribution in [0.25, 0.3) is 11.2 Å². The van der Waals surface area contributed by atoms with E-state index in [1.807, 2.05) is 0 Å². The van der Waals surface area contributed by atoms with Gasteiger partial charge in [-0.15, -0.1) is 0 Å². The molecule has 0 amide bonds. The Morgan fingerprint density at radius 3 is 2.92 bits per heavy atom. The van der Waals surface area contributed by atoms with Gasteiger partial charge in [-0.1, -0.05) is 12.2 Å². The Labute approximate surface area is 101 Å². The summed E-state index contributed by atoms with van der Waals surface area (Å²) in [7, 11) is 0. The Hall–Kier alpha value is -0.560. The first kappa shape index (κ1) is 10.5. The van der Waals surface area contributed by atoms with E-state index in [1.54, 1.807) is 0 Å². The normalized spacial score (nSPS) is 9.54. The predicted molar refractivity (Wildman–Crippen MR) is 43.4 cm³/mol. The molecule has 0 spiro atoms. The van der Waals surface area contributed by atoms with Gasteiger partial charge >= 0.3 is 29.6 Å². The molecule has 5 nitrogen and oxygen atoms in total. The van der Waals surface area contributed by atoms with Crippen molar-refractivity contribution in [3.63, 3.8) is 0 Å². The first-order valence-corrected chi connectivity index (χ1v) is 3.55. The number of nitrogens with one attached hydrogen (secondary N) is 1. The van der Waals surface area contributed by atoms with Gasteiger partial charge in [0.1, 0.15) is 5.52 Å². The van der Waals surface area contributed by atoms with Crippen LogP contribution in [0.2, 0.25) is 0 Å². The van der Waals surface area contributed by atoms with Crippen LogP contribution in [0.3, 0.4) is 0 Å². The van der Waals surface area contributed by atoms with Crippen molar-refractivity contribution in [1.29, 1.82) is 0 Å². The van der Waals surface area contributed by atoms with Gasteiger partial charge in [-0.3, -0.25) is 0 Å². The minimum atomic E-state index is -0.570. The largest absolute Gasteiger partial charge is 1.00 e. The number of rotatable bonds is 1. The van der Waals surface area contributed by atoms with Crippen molar-refractivity contribution in [2.75, 3.05) is 0 Å². The van der Waals surface area contributed by atoms with E-state index in [2.05, 4.69) is 32.2 Å². The molecular formula is C6H3N4NaOS. The van der Waals surface area contributed by atoms with Gasteiger partial charge in [0.2, 0.25) is 0 Å². The predicted octanol–water partition coefficient (Wildman–Crippen LogP) is -3.61. The van der Waals surface area contributed by atoms with Gasteiger partial charge in [-0.2, -0.15) is 0 Å². The van der Waals surface area contributed by atoms with Crippen molar-refractivity contribution >= 4 is 28.4 Å². The molecule has 0 aromatic carbocycles. The van der Waals surface area contributed by atoms with Crippen molar-refractivity contribution in [2.45, 2.75) is 0 Å². The van der Waals surface area contributed by atoms with Gasteiger partial charge in [-0.25, -0.2) is 15.0 Å². The van der Waals surface area contributed by atoms with Gasteiger partial charge in [0.25, 0.3) is 0 Å². The molecule has 0 saturated carbocycles. The Bertz CT molecular complexity index is 443. The van der Waals surface area contributed by atoms with Crippen molar-refractivity contribution < 1.29 is 34.7 Å². The molecule has 2 rings (SSSR count). The fourth-order valence-electron chi connectivity index (χ4n) is 0.834. The zero-order valence-electron chi connectivity index (χ0n) is 6.81. The molecule has 0 aliphatic carbocycles. The zero-order chi connectivity index (χ0) is 8.55. The van der Waals surface area contributed by atoms with E-state index in [9.17, 15) is 5.11 Å². The number of hydrogen-bond acceptors (Lipinski definition) is 5.